The number of nitrogens with zero attached hydrogens (tertiary/aromatic N) is 1. The molecule has 0 spiro atoms. The summed E-state index contributed by atoms with van der Waals surface area (Å²) in [4.78, 5) is 48.6. The van der Waals surface area contributed by atoms with Gasteiger partial charge in [-0.3, -0.25) is 24.5 Å². The molecule has 12 heteroatoms. The summed E-state index contributed by atoms with van der Waals surface area (Å²) in [7, 11) is 2.87. The maximum Gasteiger partial charge on any atom is 0.452 e. The van der Waals surface area contributed by atoms with Gasteiger partial charge in [-0.1, -0.05) is 0 Å². The SMILES string of the molecule is C[C@@H](NC(=O)[C@@H](CC(=O)N(C)C)NC(=O)[C@@H]1CSCN1)C(=O)C(F)(F)F. The quantitative estimate of drug-likeness (QED) is 0.521. The minimum Gasteiger partial charge on any atom is -0.349 e. The van der Waals surface area contributed by atoms with Crippen molar-refractivity contribution in [3.8, 4) is 0 Å². The molecule has 0 bridgehead atoms. The van der Waals surface area contributed by atoms with Crippen molar-refractivity contribution in [3.05, 3.63) is 0 Å². The van der Waals surface area contributed by atoms with Gasteiger partial charge in [0, 0.05) is 25.7 Å². The molecule has 0 saturated carbocycles. The third-order valence-electron chi connectivity index (χ3n) is 3.57. The summed E-state index contributed by atoms with van der Waals surface area (Å²) in [5.41, 5.74) is 0. The summed E-state index contributed by atoms with van der Waals surface area (Å²) < 4.78 is 37.3. The van der Waals surface area contributed by atoms with E-state index in [0.717, 1.165) is 6.92 Å². The molecular weight excluding hydrogens is 377 g/mol. The first-order valence-electron chi connectivity index (χ1n) is 7.66. The first kappa shape index (κ1) is 22.2. The Bertz CT molecular complexity index is 565. The molecule has 0 aliphatic carbocycles. The number of carbonyl (C=O) groups is 4. The molecule has 26 heavy (non-hydrogen) atoms. The van der Waals surface area contributed by atoms with E-state index < -0.39 is 54.2 Å². The maximum absolute atomic E-state index is 12.4. The highest BCUT2D eigenvalue weighted by atomic mass is 32.2. The van der Waals surface area contributed by atoms with E-state index in [9.17, 15) is 32.3 Å². The number of ketones is 1. The highest BCUT2D eigenvalue weighted by Gasteiger charge is 2.42. The molecule has 3 atom stereocenters. The summed E-state index contributed by atoms with van der Waals surface area (Å²) in [5.74, 6) is -3.20. The second-order valence-electron chi connectivity index (χ2n) is 5.92. The van der Waals surface area contributed by atoms with E-state index >= 15 is 0 Å². The highest BCUT2D eigenvalue weighted by Crippen LogP contribution is 2.18. The van der Waals surface area contributed by atoms with Gasteiger partial charge in [-0.05, 0) is 6.92 Å². The molecule has 0 aromatic heterocycles. The van der Waals surface area contributed by atoms with Gasteiger partial charge in [0.25, 0.3) is 5.78 Å². The molecule has 0 radical (unpaired) electrons. The zero-order chi connectivity index (χ0) is 20.1. The minimum atomic E-state index is -5.10. The van der Waals surface area contributed by atoms with Crippen LogP contribution in [0.1, 0.15) is 13.3 Å². The molecule has 8 nitrogen and oxygen atoms in total. The molecule has 1 fully saturated rings. The summed E-state index contributed by atoms with van der Waals surface area (Å²) in [6.45, 7) is 0.884. The van der Waals surface area contributed by atoms with Gasteiger partial charge in [0.15, 0.2) is 0 Å². The molecule has 0 unspecified atom stereocenters. The van der Waals surface area contributed by atoms with Crippen molar-refractivity contribution in [2.75, 3.05) is 25.7 Å². The van der Waals surface area contributed by atoms with E-state index in [4.69, 9.17) is 0 Å². The van der Waals surface area contributed by atoms with Crippen molar-refractivity contribution in [2.24, 2.45) is 0 Å². The van der Waals surface area contributed by atoms with Crippen molar-refractivity contribution < 1.29 is 32.3 Å². The smallest absolute Gasteiger partial charge is 0.349 e. The van der Waals surface area contributed by atoms with E-state index in [1.54, 1.807) is 0 Å². The Labute approximate surface area is 152 Å². The average Bonchev–Trinajstić information content (AvgIpc) is 3.06. The number of carbonyl (C=O) groups excluding carboxylic acids is 4. The molecule has 3 N–H and O–H groups in total. The molecule has 3 amide bonds. The second kappa shape index (κ2) is 9.21. The van der Waals surface area contributed by atoms with Gasteiger partial charge >= 0.3 is 6.18 Å². The van der Waals surface area contributed by atoms with Crippen LogP contribution in [0.4, 0.5) is 13.2 Å². The summed E-state index contributed by atoms with van der Waals surface area (Å²) >= 11 is 1.46. The minimum absolute atomic E-state index is 0.447. The lowest BCUT2D eigenvalue weighted by atomic mass is 10.1. The van der Waals surface area contributed by atoms with Gasteiger partial charge in [0.05, 0.1) is 18.5 Å². The number of hydrogen-bond donors (Lipinski definition) is 3. The van der Waals surface area contributed by atoms with E-state index in [0.29, 0.717) is 11.6 Å². The van der Waals surface area contributed by atoms with Crippen LogP contribution in [0.25, 0.3) is 0 Å². The van der Waals surface area contributed by atoms with E-state index in [-0.39, 0.29) is 0 Å². The standard InChI is InChI=1S/C14H21F3N4O4S/c1-7(11(23)14(15,16)17)19-12(24)8(4-10(22)21(2)3)20-13(25)9-5-26-6-18-9/h7-9,18H,4-6H2,1-3H3,(H,19,24)(H,20,25)/t7-,8-,9+/m1/s1. The lowest BCUT2D eigenvalue weighted by Crippen LogP contribution is -2.56. The topological polar surface area (TPSA) is 108 Å². The normalized spacial score (nSPS) is 19.4. The van der Waals surface area contributed by atoms with Crippen LogP contribution < -0.4 is 16.0 Å². The molecular formula is C14H21F3N4O4S. The predicted molar refractivity (Wildman–Crippen MR) is 88.2 cm³/mol. The van der Waals surface area contributed by atoms with Gasteiger partial charge in [-0.15, -0.1) is 11.8 Å². The van der Waals surface area contributed by atoms with Gasteiger partial charge in [0.1, 0.15) is 6.04 Å². The van der Waals surface area contributed by atoms with Crippen molar-refractivity contribution in [3.63, 3.8) is 0 Å². The van der Waals surface area contributed by atoms with Crippen LogP contribution in [0.15, 0.2) is 0 Å². The van der Waals surface area contributed by atoms with Crippen LogP contribution in [0.3, 0.4) is 0 Å². The molecule has 0 aromatic rings. The average molecular weight is 398 g/mol. The fourth-order valence-corrected chi connectivity index (χ4v) is 2.97. The number of hydrogen-bond acceptors (Lipinski definition) is 6. The molecule has 148 valence electrons. The highest BCUT2D eigenvalue weighted by molar-refractivity contribution is 7.99. The Morgan fingerprint density at radius 3 is 2.31 bits per heavy atom. The number of thioether (sulfide) groups is 1. The maximum atomic E-state index is 12.4. The monoisotopic (exact) mass is 398 g/mol. The molecule has 0 aromatic carbocycles. The Morgan fingerprint density at radius 2 is 1.85 bits per heavy atom. The molecule has 1 heterocycles. The zero-order valence-electron chi connectivity index (χ0n) is 14.5. The molecule has 1 rings (SSSR count). The first-order chi connectivity index (χ1) is 11.9. The van der Waals surface area contributed by atoms with Crippen LogP contribution in [0.5, 0.6) is 0 Å². The molecule has 1 aliphatic rings. The van der Waals surface area contributed by atoms with Crippen molar-refractivity contribution >= 4 is 35.3 Å². The second-order valence-corrected chi connectivity index (χ2v) is 6.95. The first-order valence-corrected chi connectivity index (χ1v) is 8.82. The van der Waals surface area contributed by atoms with Crippen molar-refractivity contribution in [1.29, 1.82) is 0 Å². The number of Topliss-reactive ketones (excluding diaryl/α,β-unsaturated/α-hetero) is 1. The Balaban J connectivity index is 2.81. The van der Waals surface area contributed by atoms with Crippen LogP contribution >= 0.6 is 11.8 Å². The Morgan fingerprint density at radius 1 is 1.23 bits per heavy atom. The third-order valence-corrected chi connectivity index (χ3v) is 4.51. The molecule has 1 aliphatic heterocycles. The van der Waals surface area contributed by atoms with Crippen LogP contribution in [0, 0.1) is 0 Å². The summed E-state index contributed by atoms with van der Waals surface area (Å²) in [6.07, 6.45) is -5.55. The van der Waals surface area contributed by atoms with Gasteiger partial charge in [0.2, 0.25) is 17.7 Å². The number of nitrogens with one attached hydrogen (secondary N) is 3. The van der Waals surface area contributed by atoms with E-state index in [2.05, 4.69) is 10.6 Å². The van der Waals surface area contributed by atoms with Crippen molar-refractivity contribution in [2.45, 2.75) is 37.6 Å². The largest absolute Gasteiger partial charge is 0.452 e. The molecule has 1 saturated heterocycles. The van der Waals surface area contributed by atoms with Crippen LogP contribution in [-0.2, 0) is 19.2 Å². The van der Waals surface area contributed by atoms with Crippen LogP contribution in [0.2, 0.25) is 0 Å². The number of halogens is 3. The van der Waals surface area contributed by atoms with Gasteiger partial charge in [-0.2, -0.15) is 13.2 Å². The Kier molecular flexibility index (Phi) is 7.87. The third kappa shape index (κ3) is 6.48. The zero-order valence-corrected chi connectivity index (χ0v) is 15.3. The summed E-state index contributed by atoms with van der Waals surface area (Å²) in [6, 6.07) is -3.80. The van der Waals surface area contributed by atoms with Crippen LogP contribution in [-0.4, -0.2) is 78.4 Å². The van der Waals surface area contributed by atoms with Gasteiger partial charge in [-0.25, -0.2) is 0 Å². The summed E-state index contributed by atoms with van der Waals surface area (Å²) in [5, 5.41) is 7.14. The van der Waals surface area contributed by atoms with Gasteiger partial charge < -0.3 is 15.5 Å². The van der Waals surface area contributed by atoms with Crippen molar-refractivity contribution in [1.82, 2.24) is 20.9 Å². The fourth-order valence-electron chi connectivity index (χ4n) is 2.03. The predicted octanol–water partition coefficient (Wildman–Crippen LogP) is -0.752. The number of amides is 3. The lowest BCUT2D eigenvalue weighted by Gasteiger charge is -2.23. The fraction of sp³-hybridized carbons (Fsp3) is 0.714. The number of rotatable bonds is 7. The number of alkyl halides is 3. The Hall–Kier alpha value is -1.82. The van der Waals surface area contributed by atoms with E-state index in [1.165, 1.54) is 30.8 Å². The van der Waals surface area contributed by atoms with E-state index in [1.807, 2.05) is 5.32 Å². The lowest BCUT2D eigenvalue weighted by molar-refractivity contribution is -0.173.